The topological polar surface area (TPSA) is 44.7 Å². The monoisotopic (exact) mass is 366 g/mol. The predicted octanol–water partition coefficient (Wildman–Crippen LogP) is 3.28. The minimum atomic E-state index is -0.581. The van der Waals surface area contributed by atoms with Gasteiger partial charge in [0.15, 0.2) is 0 Å². The summed E-state index contributed by atoms with van der Waals surface area (Å²) < 4.78 is 5.81. The van der Waals surface area contributed by atoms with E-state index >= 15 is 0 Å². The van der Waals surface area contributed by atoms with E-state index in [-0.39, 0.29) is 12.1 Å². The van der Waals surface area contributed by atoms with Crippen molar-refractivity contribution in [3.8, 4) is 17.6 Å². The molecule has 0 bridgehead atoms. The molecule has 2 aromatic carbocycles. The van der Waals surface area contributed by atoms with Crippen LogP contribution in [0.15, 0.2) is 48.5 Å². The van der Waals surface area contributed by atoms with Crippen LogP contribution in [0.5, 0.6) is 5.75 Å². The van der Waals surface area contributed by atoms with Crippen molar-refractivity contribution in [2.45, 2.75) is 32.4 Å². The summed E-state index contributed by atoms with van der Waals surface area (Å²) in [6.07, 6.45) is -0.581. The Morgan fingerprint density at radius 2 is 1.81 bits per heavy atom. The van der Waals surface area contributed by atoms with Crippen LogP contribution < -0.4 is 15.0 Å². The molecule has 0 aliphatic carbocycles. The number of rotatable bonds is 6. The van der Waals surface area contributed by atoms with Gasteiger partial charge in [0, 0.05) is 37.4 Å². The zero-order chi connectivity index (χ0) is 19.9. The van der Waals surface area contributed by atoms with Crippen molar-refractivity contribution in [3.63, 3.8) is 0 Å². The molecule has 0 aliphatic heterocycles. The van der Waals surface area contributed by atoms with Gasteiger partial charge in [-0.25, -0.2) is 0 Å². The SMILES string of the molecule is CN(C)c1cccc(C#Cc2ccccc2OCC(O)CNC(C)(C)C)c1. The van der Waals surface area contributed by atoms with Crippen molar-refractivity contribution >= 4 is 5.69 Å². The van der Waals surface area contributed by atoms with Gasteiger partial charge < -0.3 is 20.1 Å². The molecule has 0 fully saturated rings. The fourth-order valence-electron chi connectivity index (χ4n) is 2.37. The molecule has 4 nitrogen and oxygen atoms in total. The molecule has 0 saturated heterocycles. The number of aliphatic hydroxyl groups excluding tert-OH is 1. The van der Waals surface area contributed by atoms with Gasteiger partial charge in [0.25, 0.3) is 0 Å². The Morgan fingerprint density at radius 3 is 2.52 bits per heavy atom. The Labute approximate surface area is 163 Å². The Morgan fingerprint density at radius 1 is 1.07 bits per heavy atom. The van der Waals surface area contributed by atoms with E-state index in [0.29, 0.717) is 12.3 Å². The molecule has 0 aliphatic rings. The third-order valence-corrected chi connectivity index (χ3v) is 3.89. The summed E-state index contributed by atoms with van der Waals surface area (Å²) in [4.78, 5) is 2.05. The van der Waals surface area contributed by atoms with Crippen LogP contribution in [-0.4, -0.2) is 44.0 Å². The molecule has 0 heterocycles. The summed E-state index contributed by atoms with van der Waals surface area (Å²) in [5.74, 6) is 7.07. The average molecular weight is 367 g/mol. The third-order valence-electron chi connectivity index (χ3n) is 3.89. The van der Waals surface area contributed by atoms with Crippen molar-refractivity contribution < 1.29 is 9.84 Å². The molecule has 0 radical (unpaired) electrons. The summed E-state index contributed by atoms with van der Waals surface area (Å²) in [7, 11) is 4.02. The zero-order valence-electron chi connectivity index (χ0n) is 16.9. The molecule has 144 valence electrons. The second kappa shape index (κ2) is 9.45. The quantitative estimate of drug-likeness (QED) is 0.770. The van der Waals surface area contributed by atoms with Crippen LogP contribution >= 0.6 is 0 Å². The van der Waals surface area contributed by atoms with Crippen molar-refractivity contribution in [1.29, 1.82) is 0 Å². The van der Waals surface area contributed by atoms with Gasteiger partial charge in [-0.1, -0.05) is 30.0 Å². The standard InChI is InChI=1S/C23H30N2O2/c1-23(2,3)24-16-21(26)17-27-22-12-7-6-10-19(22)14-13-18-9-8-11-20(15-18)25(4)5/h6-12,15,21,24,26H,16-17H2,1-5H3. The maximum Gasteiger partial charge on any atom is 0.135 e. The molecule has 0 amide bonds. The van der Waals surface area contributed by atoms with E-state index in [4.69, 9.17) is 4.74 Å². The normalized spacial score (nSPS) is 12.1. The Kier molecular flexibility index (Phi) is 7.29. The predicted molar refractivity (Wildman–Crippen MR) is 112 cm³/mol. The van der Waals surface area contributed by atoms with Gasteiger partial charge in [0.2, 0.25) is 0 Å². The van der Waals surface area contributed by atoms with Crippen molar-refractivity contribution in [1.82, 2.24) is 5.32 Å². The lowest BCUT2D eigenvalue weighted by atomic mass is 10.1. The smallest absolute Gasteiger partial charge is 0.135 e. The molecule has 2 N–H and O–H groups in total. The lowest BCUT2D eigenvalue weighted by Crippen LogP contribution is -2.42. The number of ether oxygens (including phenoxy) is 1. The first kappa shape index (κ1) is 20.8. The first-order valence-electron chi connectivity index (χ1n) is 9.19. The second-order valence-electron chi connectivity index (χ2n) is 7.79. The molecule has 2 aromatic rings. The average Bonchev–Trinajstić information content (AvgIpc) is 2.63. The molecule has 4 heteroatoms. The number of β-amino-alcohol motifs (C(OH)–C–C–N with tert-alkyl or cyclic N) is 1. The van der Waals surface area contributed by atoms with Gasteiger partial charge in [-0.15, -0.1) is 0 Å². The van der Waals surface area contributed by atoms with Crippen LogP contribution in [0.3, 0.4) is 0 Å². The van der Waals surface area contributed by atoms with E-state index < -0.39 is 6.10 Å². The van der Waals surface area contributed by atoms with E-state index in [1.54, 1.807) is 0 Å². The Hall–Kier alpha value is -2.48. The molecule has 27 heavy (non-hydrogen) atoms. The highest BCUT2D eigenvalue weighted by molar-refractivity contribution is 5.54. The maximum atomic E-state index is 10.1. The number of nitrogens with one attached hydrogen (secondary N) is 1. The minimum absolute atomic E-state index is 0.0363. The van der Waals surface area contributed by atoms with Gasteiger partial charge in [0.1, 0.15) is 18.5 Å². The number of hydrogen-bond donors (Lipinski definition) is 2. The van der Waals surface area contributed by atoms with Crippen LogP contribution in [0.2, 0.25) is 0 Å². The van der Waals surface area contributed by atoms with Crippen molar-refractivity contribution in [2.24, 2.45) is 0 Å². The molecule has 1 unspecified atom stereocenters. The van der Waals surface area contributed by atoms with Gasteiger partial charge in [-0.05, 0) is 51.1 Å². The first-order chi connectivity index (χ1) is 12.7. The highest BCUT2D eigenvalue weighted by Crippen LogP contribution is 2.18. The largest absolute Gasteiger partial charge is 0.490 e. The third kappa shape index (κ3) is 7.34. The van der Waals surface area contributed by atoms with Crippen LogP contribution in [-0.2, 0) is 0 Å². The highest BCUT2D eigenvalue weighted by atomic mass is 16.5. The van der Waals surface area contributed by atoms with Gasteiger partial charge in [-0.3, -0.25) is 0 Å². The van der Waals surface area contributed by atoms with Gasteiger partial charge in [0.05, 0.1) is 5.56 Å². The maximum absolute atomic E-state index is 10.1. The Balaban J connectivity index is 2.05. The minimum Gasteiger partial charge on any atom is -0.490 e. The number of anilines is 1. The molecular weight excluding hydrogens is 336 g/mol. The number of aliphatic hydroxyl groups is 1. The number of para-hydroxylation sites is 1. The van der Waals surface area contributed by atoms with Crippen LogP contribution in [0, 0.1) is 11.8 Å². The summed E-state index contributed by atoms with van der Waals surface area (Å²) >= 11 is 0. The van der Waals surface area contributed by atoms with Crippen molar-refractivity contribution in [2.75, 3.05) is 32.1 Å². The Bertz CT molecular complexity index is 798. The molecule has 1 atom stereocenters. The van der Waals surface area contributed by atoms with Crippen LogP contribution in [0.1, 0.15) is 31.9 Å². The summed E-state index contributed by atoms with van der Waals surface area (Å²) in [5, 5.41) is 13.4. The number of hydrogen-bond acceptors (Lipinski definition) is 4. The molecule has 0 aromatic heterocycles. The molecular formula is C23H30N2O2. The summed E-state index contributed by atoms with van der Waals surface area (Å²) in [6, 6.07) is 15.7. The second-order valence-corrected chi connectivity index (χ2v) is 7.79. The van der Waals surface area contributed by atoms with Gasteiger partial charge in [-0.2, -0.15) is 0 Å². The van der Waals surface area contributed by atoms with E-state index in [0.717, 1.165) is 16.8 Å². The molecule has 2 rings (SSSR count). The van der Waals surface area contributed by atoms with E-state index in [2.05, 4.69) is 55.0 Å². The lowest BCUT2D eigenvalue weighted by molar-refractivity contribution is 0.0999. The van der Waals surface area contributed by atoms with Crippen molar-refractivity contribution in [3.05, 3.63) is 59.7 Å². The first-order valence-corrected chi connectivity index (χ1v) is 9.19. The summed E-state index contributed by atoms with van der Waals surface area (Å²) in [5.41, 5.74) is 2.83. The molecule has 0 saturated carbocycles. The summed E-state index contributed by atoms with van der Waals surface area (Å²) in [6.45, 7) is 6.90. The fraction of sp³-hybridized carbons (Fsp3) is 0.391. The zero-order valence-corrected chi connectivity index (χ0v) is 16.9. The number of nitrogens with zero attached hydrogens (tertiary/aromatic N) is 1. The fourth-order valence-corrected chi connectivity index (χ4v) is 2.37. The number of benzene rings is 2. The molecule has 0 spiro atoms. The van der Waals surface area contributed by atoms with Crippen LogP contribution in [0.4, 0.5) is 5.69 Å². The van der Waals surface area contributed by atoms with E-state index in [1.165, 1.54) is 0 Å². The van der Waals surface area contributed by atoms with E-state index in [1.807, 2.05) is 50.5 Å². The van der Waals surface area contributed by atoms with E-state index in [9.17, 15) is 5.11 Å². The highest BCUT2D eigenvalue weighted by Gasteiger charge is 2.13. The lowest BCUT2D eigenvalue weighted by Gasteiger charge is -2.23. The van der Waals surface area contributed by atoms with Gasteiger partial charge >= 0.3 is 0 Å². The van der Waals surface area contributed by atoms with Crippen LogP contribution in [0.25, 0.3) is 0 Å².